The monoisotopic (exact) mass is 353 g/mol. The van der Waals surface area contributed by atoms with Crippen molar-refractivity contribution in [1.29, 1.82) is 0 Å². The molecule has 0 spiro atoms. The molecule has 0 aromatic carbocycles. The van der Waals surface area contributed by atoms with Crippen molar-refractivity contribution >= 4 is 28.9 Å². The molecule has 1 aliphatic heterocycles. The number of aryl methyl sites for hydroxylation is 2. The van der Waals surface area contributed by atoms with Gasteiger partial charge in [-0.05, 0) is 57.3 Å². The van der Waals surface area contributed by atoms with E-state index in [1.807, 2.05) is 32.1 Å². The molecule has 2 heterocycles. The van der Waals surface area contributed by atoms with Crippen molar-refractivity contribution in [2.45, 2.75) is 39.5 Å². The topological polar surface area (TPSA) is 71.4 Å². The number of aliphatic imine (C=N–C) groups is 1. The smallest absolute Gasteiger partial charge is 0.289 e. The highest BCUT2D eigenvalue weighted by molar-refractivity contribution is 7.13. The molecular weight excluding hydrogens is 334 g/mol. The van der Waals surface area contributed by atoms with Gasteiger partial charge in [-0.2, -0.15) is 0 Å². The van der Waals surface area contributed by atoms with E-state index in [2.05, 4.69) is 15.3 Å². The van der Waals surface area contributed by atoms with Crippen LogP contribution in [0.1, 0.15) is 46.1 Å². The number of hydrogen-bond donors (Lipinski definition) is 1. The normalized spacial score (nSPS) is 23.9. The zero-order valence-corrected chi connectivity index (χ0v) is 15.1. The number of carbonyl (C=O) groups excluding carboxylic acids is 2. The molecule has 0 fully saturated rings. The summed E-state index contributed by atoms with van der Waals surface area (Å²) in [4.78, 5) is 33.8. The van der Waals surface area contributed by atoms with E-state index in [0.717, 1.165) is 42.0 Å². The van der Waals surface area contributed by atoms with Crippen LogP contribution in [0.4, 0.5) is 0 Å². The van der Waals surface area contributed by atoms with Gasteiger partial charge in [-0.15, -0.1) is 11.3 Å². The van der Waals surface area contributed by atoms with Crippen molar-refractivity contribution in [2.75, 3.05) is 0 Å². The Balaban J connectivity index is 1.64. The van der Waals surface area contributed by atoms with Crippen molar-refractivity contribution in [3.05, 3.63) is 50.7 Å². The SMILES string of the molecule is Cc1nc(C)c(C(=O)N=C2C=CC3C(=C2)NC(=O)C2=C3CCCC2)s1. The van der Waals surface area contributed by atoms with Crippen LogP contribution >= 0.6 is 11.3 Å². The summed E-state index contributed by atoms with van der Waals surface area (Å²) < 4.78 is 0. The minimum absolute atomic E-state index is 0.00658. The summed E-state index contributed by atoms with van der Waals surface area (Å²) in [5.74, 6) is -0.153. The van der Waals surface area contributed by atoms with E-state index in [1.165, 1.54) is 16.9 Å². The maximum absolute atomic E-state index is 12.4. The van der Waals surface area contributed by atoms with E-state index in [-0.39, 0.29) is 17.7 Å². The molecule has 1 N–H and O–H groups in total. The van der Waals surface area contributed by atoms with E-state index in [1.54, 1.807) is 0 Å². The second-order valence-electron chi connectivity index (χ2n) is 6.59. The Bertz CT molecular complexity index is 902. The number of aromatic nitrogens is 1. The summed E-state index contributed by atoms with van der Waals surface area (Å²) in [6.45, 7) is 3.70. The molecule has 1 atom stereocenters. The highest BCUT2D eigenvalue weighted by atomic mass is 32.1. The lowest BCUT2D eigenvalue weighted by Gasteiger charge is -2.33. The van der Waals surface area contributed by atoms with Gasteiger partial charge >= 0.3 is 0 Å². The van der Waals surface area contributed by atoms with Crippen LogP contribution in [0, 0.1) is 19.8 Å². The quantitative estimate of drug-likeness (QED) is 0.841. The van der Waals surface area contributed by atoms with Gasteiger partial charge in [0.05, 0.1) is 16.4 Å². The van der Waals surface area contributed by atoms with Crippen molar-refractivity contribution in [2.24, 2.45) is 10.9 Å². The Labute approximate surface area is 150 Å². The average Bonchev–Trinajstić information content (AvgIpc) is 2.93. The van der Waals surface area contributed by atoms with Crippen LogP contribution in [-0.4, -0.2) is 22.5 Å². The summed E-state index contributed by atoms with van der Waals surface area (Å²) in [6, 6.07) is 0. The molecule has 2 amide bonds. The third-order valence-corrected chi connectivity index (χ3v) is 5.91. The molecule has 4 rings (SSSR count). The molecule has 1 unspecified atom stereocenters. The Morgan fingerprint density at radius 1 is 1.32 bits per heavy atom. The van der Waals surface area contributed by atoms with Gasteiger partial charge < -0.3 is 5.32 Å². The molecule has 0 saturated heterocycles. The number of rotatable bonds is 1. The first-order valence-electron chi connectivity index (χ1n) is 8.53. The molecule has 0 saturated carbocycles. The Hall–Kier alpha value is -2.34. The first-order valence-corrected chi connectivity index (χ1v) is 9.34. The second-order valence-corrected chi connectivity index (χ2v) is 7.79. The molecule has 128 valence electrons. The van der Waals surface area contributed by atoms with E-state index >= 15 is 0 Å². The van der Waals surface area contributed by atoms with Crippen molar-refractivity contribution in [3.8, 4) is 0 Å². The summed E-state index contributed by atoms with van der Waals surface area (Å²) >= 11 is 1.36. The molecule has 25 heavy (non-hydrogen) atoms. The number of hydrogen-bond acceptors (Lipinski definition) is 4. The van der Waals surface area contributed by atoms with Gasteiger partial charge in [-0.1, -0.05) is 6.08 Å². The van der Waals surface area contributed by atoms with Crippen molar-refractivity contribution < 1.29 is 9.59 Å². The van der Waals surface area contributed by atoms with Crippen molar-refractivity contribution in [3.63, 3.8) is 0 Å². The molecule has 1 aromatic heterocycles. The van der Waals surface area contributed by atoms with Gasteiger partial charge in [0.1, 0.15) is 4.88 Å². The standard InChI is InChI=1S/C19H19N3O2S/c1-10-17(25-11(2)20-10)19(24)21-12-7-8-14-13-5-3-4-6-15(13)18(23)22-16(14)9-12/h7-9,14H,3-6H2,1-2H3,(H,22,23). The Kier molecular flexibility index (Phi) is 4.00. The predicted octanol–water partition coefficient (Wildman–Crippen LogP) is 3.41. The molecular formula is C19H19N3O2S. The maximum Gasteiger partial charge on any atom is 0.289 e. The third-order valence-electron chi connectivity index (χ3n) is 4.84. The number of carbonyl (C=O) groups is 2. The molecule has 5 nitrogen and oxygen atoms in total. The van der Waals surface area contributed by atoms with Crippen LogP contribution in [0.5, 0.6) is 0 Å². The number of thiazole rings is 1. The van der Waals surface area contributed by atoms with Crippen LogP contribution in [0.2, 0.25) is 0 Å². The fourth-order valence-corrected chi connectivity index (χ4v) is 4.52. The Morgan fingerprint density at radius 3 is 2.88 bits per heavy atom. The van der Waals surface area contributed by atoms with E-state index < -0.39 is 0 Å². The van der Waals surface area contributed by atoms with Crippen LogP contribution in [0.25, 0.3) is 0 Å². The minimum atomic E-state index is -0.280. The number of nitrogens with zero attached hydrogens (tertiary/aromatic N) is 2. The summed E-state index contributed by atoms with van der Waals surface area (Å²) in [5, 5.41) is 3.84. The number of allylic oxidation sites excluding steroid dienone is 3. The van der Waals surface area contributed by atoms with Gasteiger partial charge in [0.15, 0.2) is 0 Å². The Morgan fingerprint density at radius 2 is 2.12 bits per heavy atom. The van der Waals surface area contributed by atoms with Crippen LogP contribution < -0.4 is 5.32 Å². The minimum Gasteiger partial charge on any atom is -0.325 e. The summed E-state index contributed by atoms with van der Waals surface area (Å²) in [6.07, 6.45) is 9.80. The first-order chi connectivity index (χ1) is 12.0. The van der Waals surface area contributed by atoms with Gasteiger partial charge in [-0.3, -0.25) is 9.59 Å². The van der Waals surface area contributed by atoms with Crippen molar-refractivity contribution in [1.82, 2.24) is 10.3 Å². The lowest BCUT2D eigenvalue weighted by atomic mass is 9.77. The highest BCUT2D eigenvalue weighted by Crippen LogP contribution is 2.38. The summed E-state index contributed by atoms with van der Waals surface area (Å²) in [5.41, 5.74) is 4.30. The summed E-state index contributed by atoms with van der Waals surface area (Å²) in [7, 11) is 0. The zero-order valence-electron chi connectivity index (χ0n) is 14.3. The van der Waals surface area contributed by atoms with Crippen LogP contribution in [0.15, 0.2) is 40.1 Å². The molecule has 2 aliphatic carbocycles. The molecule has 6 heteroatoms. The van der Waals surface area contributed by atoms with E-state index in [9.17, 15) is 9.59 Å². The first kappa shape index (κ1) is 16.1. The zero-order chi connectivity index (χ0) is 17.6. The largest absolute Gasteiger partial charge is 0.325 e. The molecule has 0 radical (unpaired) electrons. The lowest BCUT2D eigenvalue weighted by Crippen LogP contribution is -2.37. The lowest BCUT2D eigenvalue weighted by molar-refractivity contribution is -0.117. The molecule has 0 bridgehead atoms. The van der Waals surface area contributed by atoms with Gasteiger partial charge in [0.25, 0.3) is 11.8 Å². The van der Waals surface area contributed by atoms with Gasteiger partial charge in [0.2, 0.25) is 0 Å². The number of fused-ring (bicyclic) bond motifs is 2. The number of nitrogens with one attached hydrogen (secondary N) is 1. The highest BCUT2D eigenvalue weighted by Gasteiger charge is 2.33. The van der Waals surface area contributed by atoms with E-state index in [4.69, 9.17) is 0 Å². The molecule has 3 aliphatic rings. The van der Waals surface area contributed by atoms with E-state index in [0.29, 0.717) is 16.3 Å². The van der Waals surface area contributed by atoms with Gasteiger partial charge in [0, 0.05) is 17.2 Å². The van der Waals surface area contributed by atoms with Crippen LogP contribution in [0.3, 0.4) is 0 Å². The predicted molar refractivity (Wildman–Crippen MR) is 97.7 cm³/mol. The fourth-order valence-electron chi connectivity index (χ4n) is 3.72. The average molecular weight is 353 g/mol. The third kappa shape index (κ3) is 2.91. The second kappa shape index (κ2) is 6.19. The fraction of sp³-hybridized carbons (Fsp3) is 0.368. The van der Waals surface area contributed by atoms with Crippen LogP contribution in [-0.2, 0) is 4.79 Å². The molecule has 1 aromatic rings. The van der Waals surface area contributed by atoms with Gasteiger partial charge in [-0.25, -0.2) is 9.98 Å². The maximum atomic E-state index is 12.4. The number of amides is 2.